The summed E-state index contributed by atoms with van der Waals surface area (Å²) in [7, 11) is 0. The Morgan fingerprint density at radius 1 is 1.62 bits per heavy atom. The molecule has 16 heavy (non-hydrogen) atoms. The zero-order chi connectivity index (χ0) is 11.8. The minimum Gasteiger partial charge on any atom is -0.330 e. The minimum absolute atomic E-state index is 0.0388. The van der Waals surface area contributed by atoms with Gasteiger partial charge in [-0.25, -0.2) is 0 Å². The van der Waals surface area contributed by atoms with E-state index >= 15 is 0 Å². The third-order valence-electron chi connectivity index (χ3n) is 2.71. The number of nitrogens with zero attached hydrogens (tertiary/aromatic N) is 1. The van der Waals surface area contributed by atoms with Gasteiger partial charge in [0.1, 0.15) is 0 Å². The number of hydrogen-bond acceptors (Lipinski definition) is 3. The second kappa shape index (κ2) is 7.00. The Morgan fingerprint density at radius 3 is 3.00 bits per heavy atom. The molecule has 4 N–H and O–H groups in total. The van der Waals surface area contributed by atoms with Crippen molar-refractivity contribution in [1.29, 1.82) is 0 Å². The average molecular weight is 224 g/mol. The van der Waals surface area contributed by atoms with E-state index in [-0.39, 0.29) is 5.91 Å². The Labute approximate surface area is 95.8 Å². The molecule has 0 saturated heterocycles. The van der Waals surface area contributed by atoms with Crippen molar-refractivity contribution in [2.75, 3.05) is 11.9 Å². The molecule has 0 saturated carbocycles. The quantitative estimate of drug-likeness (QED) is 0.656. The summed E-state index contributed by atoms with van der Waals surface area (Å²) in [6.07, 6.45) is 6.77. The highest BCUT2D eigenvalue weighted by Crippen LogP contribution is 2.15. The summed E-state index contributed by atoms with van der Waals surface area (Å²) in [4.78, 5) is 11.6. The molecule has 5 nitrogen and oxygen atoms in total. The second-order valence-corrected chi connectivity index (χ2v) is 3.93. The Hall–Kier alpha value is -1.36. The number of anilines is 1. The number of nitrogens with one attached hydrogen (secondary N) is 2. The predicted molar refractivity (Wildman–Crippen MR) is 63.9 cm³/mol. The molecule has 5 heteroatoms. The largest absolute Gasteiger partial charge is 0.330 e. The minimum atomic E-state index is 0.0388. The van der Waals surface area contributed by atoms with Crippen molar-refractivity contribution in [2.45, 2.75) is 32.6 Å². The first-order valence-corrected chi connectivity index (χ1v) is 5.75. The lowest BCUT2D eigenvalue weighted by Crippen LogP contribution is -2.14. The van der Waals surface area contributed by atoms with Crippen LogP contribution in [-0.2, 0) is 4.79 Å². The summed E-state index contributed by atoms with van der Waals surface area (Å²) in [6.45, 7) is 2.83. The molecular formula is C11H20N4O. The number of hydrogen-bond donors (Lipinski definition) is 3. The van der Waals surface area contributed by atoms with Gasteiger partial charge < -0.3 is 11.1 Å². The van der Waals surface area contributed by atoms with Crippen LogP contribution in [0.15, 0.2) is 12.4 Å². The number of amides is 1. The average Bonchev–Trinajstić information content (AvgIpc) is 2.76. The summed E-state index contributed by atoms with van der Waals surface area (Å²) in [5, 5.41) is 9.19. The molecular weight excluding hydrogens is 204 g/mol. The third kappa shape index (κ3) is 4.44. The maximum absolute atomic E-state index is 11.6. The molecule has 90 valence electrons. The van der Waals surface area contributed by atoms with Crippen LogP contribution in [0.4, 0.5) is 5.69 Å². The van der Waals surface area contributed by atoms with E-state index in [1.165, 1.54) is 0 Å². The van der Waals surface area contributed by atoms with E-state index in [4.69, 9.17) is 5.73 Å². The van der Waals surface area contributed by atoms with Crippen LogP contribution in [0.5, 0.6) is 0 Å². The van der Waals surface area contributed by atoms with Gasteiger partial charge in [-0.05, 0) is 25.3 Å². The zero-order valence-electron chi connectivity index (χ0n) is 9.70. The molecule has 1 aromatic heterocycles. The van der Waals surface area contributed by atoms with Crippen molar-refractivity contribution in [2.24, 2.45) is 11.7 Å². The summed E-state index contributed by atoms with van der Waals surface area (Å²) >= 11 is 0. The molecule has 1 amide bonds. The fraction of sp³-hybridized carbons (Fsp3) is 0.636. The smallest absolute Gasteiger partial charge is 0.224 e. The number of H-pyrrole nitrogens is 1. The molecule has 1 aromatic rings. The highest BCUT2D eigenvalue weighted by atomic mass is 16.1. The molecule has 0 aliphatic carbocycles. The van der Waals surface area contributed by atoms with Gasteiger partial charge in [-0.15, -0.1) is 0 Å². The Kier molecular flexibility index (Phi) is 5.56. The van der Waals surface area contributed by atoms with Crippen LogP contribution in [0.1, 0.15) is 32.6 Å². The first-order chi connectivity index (χ1) is 7.76. The van der Waals surface area contributed by atoms with E-state index in [9.17, 15) is 4.79 Å². The van der Waals surface area contributed by atoms with Crippen LogP contribution < -0.4 is 11.1 Å². The number of aromatic amines is 1. The second-order valence-electron chi connectivity index (χ2n) is 3.93. The lowest BCUT2D eigenvalue weighted by atomic mass is 9.96. The number of carbonyl (C=O) groups excluding carboxylic acids is 1. The van der Waals surface area contributed by atoms with Gasteiger partial charge in [0, 0.05) is 12.6 Å². The maximum Gasteiger partial charge on any atom is 0.224 e. The third-order valence-corrected chi connectivity index (χ3v) is 2.71. The molecule has 1 heterocycles. The molecule has 0 bridgehead atoms. The van der Waals surface area contributed by atoms with Gasteiger partial charge in [-0.2, -0.15) is 5.10 Å². The molecule has 1 unspecified atom stereocenters. The molecule has 1 rings (SSSR count). The first kappa shape index (κ1) is 12.7. The number of aromatic nitrogens is 2. The van der Waals surface area contributed by atoms with Crippen LogP contribution in [0.2, 0.25) is 0 Å². The van der Waals surface area contributed by atoms with Gasteiger partial charge >= 0.3 is 0 Å². The molecule has 1 atom stereocenters. The molecule has 0 radical (unpaired) electrons. The van der Waals surface area contributed by atoms with E-state index in [0.29, 0.717) is 18.9 Å². The number of carbonyl (C=O) groups is 1. The summed E-state index contributed by atoms with van der Waals surface area (Å²) in [5.41, 5.74) is 6.23. The van der Waals surface area contributed by atoms with Gasteiger partial charge in [0.05, 0.1) is 11.9 Å². The Morgan fingerprint density at radius 2 is 2.44 bits per heavy atom. The first-order valence-electron chi connectivity index (χ1n) is 5.75. The van der Waals surface area contributed by atoms with Crippen molar-refractivity contribution in [3.63, 3.8) is 0 Å². The summed E-state index contributed by atoms with van der Waals surface area (Å²) < 4.78 is 0. The van der Waals surface area contributed by atoms with E-state index in [0.717, 1.165) is 24.9 Å². The maximum atomic E-state index is 11.6. The lowest BCUT2D eigenvalue weighted by molar-refractivity contribution is -0.116. The standard InChI is InChI=1S/C11H20N4O/c1-2-9(5-6-12)3-4-11(16)15-10-7-13-14-8-10/h7-9H,2-6,12H2,1H3,(H,13,14)(H,15,16). The SMILES string of the molecule is CCC(CCN)CCC(=O)Nc1cn[nH]c1. The molecule has 0 fully saturated rings. The van der Waals surface area contributed by atoms with Crippen molar-refractivity contribution in [1.82, 2.24) is 10.2 Å². The van der Waals surface area contributed by atoms with Crippen LogP contribution >= 0.6 is 0 Å². The van der Waals surface area contributed by atoms with E-state index in [2.05, 4.69) is 22.4 Å². The fourth-order valence-corrected chi connectivity index (χ4v) is 1.67. The van der Waals surface area contributed by atoms with Gasteiger partial charge in [-0.3, -0.25) is 9.89 Å². The topological polar surface area (TPSA) is 83.8 Å². The molecule has 0 spiro atoms. The van der Waals surface area contributed by atoms with Gasteiger partial charge in [0.2, 0.25) is 5.91 Å². The molecule has 0 aliphatic rings. The summed E-state index contributed by atoms with van der Waals surface area (Å²) in [5.74, 6) is 0.594. The monoisotopic (exact) mass is 224 g/mol. The van der Waals surface area contributed by atoms with Gasteiger partial charge in [-0.1, -0.05) is 13.3 Å². The van der Waals surface area contributed by atoms with Gasteiger partial charge in [0.25, 0.3) is 0 Å². The van der Waals surface area contributed by atoms with Crippen molar-refractivity contribution < 1.29 is 4.79 Å². The van der Waals surface area contributed by atoms with Crippen LogP contribution in [0.25, 0.3) is 0 Å². The Bertz CT molecular complexity index is 297. The van der Waals surface area contributed by atoms with Crippen molar-refractivity contribution in [3.05, 3.63) is 12.4 Å². The normalized spacial score (nSPS) is 12.4. The van der Waals surface area contributed by atoms with Crippen LogP contribution in [-0.4, -0.2) is 22.6 Å². The van der Waals surface area contributed by atoms with Crippen molar-refractivity contribution >= 4 is 11.6 Å². The lowest BCUT2D eigenvalue weighted by Gasteiger charge is -2.12. The highest BCUT2D eigenvalue weighted by Gasteiger charge is 2.09. The van der Waals surface area contributed by atoms with E-state index < -0.39 is 0 Å². The van der Waals surface area contributed by atoms with Crippen LogP contribution in [0.3, 0.4) is 0 Å². The fourth-order valence-electron chi connectivity index (χ4n) is 1.67. The molecule has 0 aliphatic heterocycles. The summed E-state index contributed by atoms with van der Waals surface area (Å²) in [6, 6.07) is 0. The highest BCUT2D eigenvalue weighted by molar-refractivity contribution is 5.90. The number of rotatable bonds is 7. The Balaban J connectivity index is 2.24. The van der Waals surface area contributed by atoms with Crippen LogP contribution in [0, 0.1) is 5.92 Å². The van der Waals surface area contributed by atoms with Gasteiger partial charge in [0.15, 0.2) is 0 Å². The van der Waals surface area contributed by atoms with E-state index in [1.807, 2.05) is 0 Å². The van der Waals surface area contributed by atoms with E-state index in [1.54, 1.807) is 12.4 Å². The molecule has 0 aromatic carbocycles. The zero-order valence-corrected chi connectivity index (χ0v) is 9.70. The number of nitrogens with two attached hydrogens (primary N) is 1. The van der Waals surface area contributed by atoms with Crippen molar-refractivity contribution in [3.8, 4) is 0 Å². The predicted octanol–water partition coefficient (Wildman–Crippen LogP) is 1.50.